The minimum absolute atomic E-state index is 0.244. The average molecular weight is 246 g/mol. The fourth-order valence-corrected chi connectivity index (χ4v) is 2.14. The van der Waals surface area contributed by atoms with Gasteiger partial charge >= 0.3 is 5.97 Å². The highest BCUT2D eigenvalue weighted by Gasteiger charge is 2.23. The summed E-state index contributed by atoms with van der Waals surface area (Å²) in [6.45, 7) is 0. The predicted octanol–water partition coefficient (Wildman–Crippen LogP) is 1.37. The van der Waals surface area contributed by atoms with E-state index < -0.39 is 5.97 Å². The minimum atomic E-state index is -0.498. The molecule has 6 heteroatoms. The van der Waals surface area contributed by atoms with E-state index in [0.717, 1.165) is 18.5 Å². The number of esters is 1. The molecule has 0 aliphatic heterocycles. The molecule has 18 heavy (non-hydrogen) atoms. The van der Waals surface area contributed by atoms with E-state index in [4.69, 9.17) is 5.73 Å². The number of nitrogens with two attached hydrogens (primary N) is 1. The van der Waals surface area contributed by atoms with Gasteiger partial charge in [0.1, 0.15) is 11.4 Å². The van der Waals surface area contributed by atoms with Crippen molar-refractivity contribution in [2.45, 2.75) is 25.2 Å². The summed E-state index contributed by atoms with van der Waals surface area (Å²) < 4.78 is 6.17. The Morgan fingerprint density at radius 3 is 2.94 bits per heavy atom. The monoisotopic (exact) mass is 246 g/mol. The zero-order valence-electron chi connectivity index (χ0n) is 10.1. The number of hydrogen-bond acceptors (Lipinski definition) is 5. The van der Waals surface area contributed by atoms with Crippen molar-refractivity contribution in [2.75, 3.05) is 12.8 Å². The van der Waals surface area contributed by atoms with Crippen LogP contribution in [0.25, 0.3) is 5.65 Å². The topological polar surface area (TPSA) is 82.5 Å². The summed E-state index contributed by atoms with van der Waals surface area (Å²) in [7, 11) is 1.31. The second-order valence-electron chi connectivity index (χ2n) is 4.52. The van der Waals surface area contributed by atoms with Crippen molar-refractivity contribution in [1.82, 2.24) is 14.6 Å². The smallest absolute Gasteiger partial charge is 0.343 e. The molecule has 0 aromatic carbocycles. The Kier molecular flexibility index (Phi) is 2.43. The SMILES string of the molecule is COC(=O)c1cnc2cc(C3CCC3)nn2c1N. The van der Waals surface area contributed by atoms with Crippen LogP contribution in [0.2, 0.25) is 0 Å². The lowest BCUT2D eigenvalue weighted by Crippen LogP contribution is -2.12. The Balaban J connectivity index is 2.10. The first-order valence-corrected chi connectivity index (χ1v) is 5.93. The zero-order valence-corrected chi connectivity index (χ0v) is 10.1. The third kappa shape index (κ3) is 1.53. The fourth-order valence-electron chi connectivity index (χ4n) is 2.14. The van der Waals surface area contributed by atoms with Gasteiger partial charge in [0.05, 0.1) is 12.8 Å². The van der Waals surface area contributed by atoms with Crippen LogP contribution in [-0.2, 0) is 4.74 Å². The summed E-state index contributed by atoms with van der Waals surface area (Å²) >= 11 is 0. The summed E-state index contributed by atoms with van der Waals surface area (Å²) in [6, 6.07) is 1.93. The average Bonchev–Trinajstić information content (AvgIpc) is 2.70. The zero-order chi connectivity index (χ0) is 12.7. The van der Waals surface area contributed by atoms with Crippen molar-refractivity contribution >= 4 is 17.4 Å². The molecule has 94 valence electrons. The molecule has 1 fully saturated rings. The van der Waals surface area contributed by atoms with Crippen LogP contribution in [0.4, 0.5) is 5.82 Å². The molecule has 0 saturated heterocycles. The number of ether oxygens (including phenoxy) is 1. The van der Waals surface area contributed by atoms with Crippen molar-refractivity contribution in [2.24, 2.45) is 0 Å². The molecule has 0 unspecified atom stereocenters. The Bertz CT molecular complexity index is 616. The third-order valence-electron chi connectivity index (χ3n) is 3.47. The molecular weight excluding hydrogens is 232 g/mol. The molecule has 6 nitrogen and oxygen atoms in total. The summed E-state index contributed by atoms with van der Waals surface area (Å²) in [5.74, 6) is 0.285. The van der Waals surface area contributed by atoms with Crippen LogP contribution in [0.5, 0.6) is 0 Å². The van der Waals surface area contributed by atoms with Gasteiger partial charge in [-0.15, -0.1) is 0 Å². The number of nitrogen functional groups attached to an aromatic ring is 1. The largest absolute Gasteiger partial charge is 0.465 e. The van der Waals surface area contributed by atoms with Crippen molar-refractivity contribution in [3.05, 3.63) is 23.5 Å². The molecule has 1 saturated carbocycles. The molecule has 1 aliphatic carbocycles. The van der Waals surface area contributed by atoms with Gasteiger partial charge in [-0.3, -0.25) is 0 Å². The molecule has 0 radical (unpaired) electrons. The highest BCUT2D eigenvalue weighted by molar-refractivity contribution is 5.94. The van der Waals surface area contributed by atoms with Crippen LogP contribution in [0.3, 0.4) is 0 Å². The van der Waals surface area contributed by atoms with E-state index in [1.165, 1.54) is 24.2 Å². The maximum atomic E-state index is 11.5. The second-order valence-corrected chi connectivity index (χ2v) is 4.52. The highest BCUT2D eigenvalue weighted by atomic mass is 16.5. The number of anilines is 1. The number of fused-ring (bicyclic) bond motifs is 1. The highest BCUT2D eigenvalue weighted by Crippen LogP contribution is 2.36. The summed E-state index contributed by atoms with van der Waals surface area (Å²) in [5, 5.41) is 4.43. The summed E-state index contributed by atoms with van der Waals surface area (Å²) in [5.41, 5.74) is 7.84. The molecule has 3 rings (SSSR count). The maximum Gasteiger partial charge on any atom is 0.343 e. The molecule has 2 aromatic heterocycles. The number of rotatable bonds is 2. The summed E-state index contributed by atoms with van der Waals surface area (Å²) in [6.07, 6.45) is 5.00. The molecule has 2 aromatic rings. The van der Waals surface area contributed by atoms with E-state index >= 15 is 0 Å². The maximum absolute atomic E-state index is 11.5. The normalized spacial score (nSPS) is 15.6. The van der Waals surface area contributed by atoms with E-state index in [2.05, 4.69) is 14.8 Å². The minimum Gasteiger partial charge on any atom is -0.465 e. The lowest BCUT2D eigenvalue weighted by atomic mass is 9.83. The molecule has 0 atom stereocenters. The van der Waals surface area contributed by atoms with Gasteiger partial charge in [-0.2, -0.15) is 9.61 Å². The van der Waals surface area contributed by atoms with Gasteiger partial charge in [-0.1, -0.05) is 6.42 Å². The third-order valence-corrected chi connectivity index (χ3v) is 3.47. The van der Waals surface area contributed by atoms with Crippen LogP contribution < -0.4 is 5.73 Å². The predicted molar refractivity (Wildman–Crippen MR) is 65.3 cm³/mol. The van der Waals surface area contributed by atoms with Gasteiger partial charge in [0.2, 0.25) is 0 Å². The molecular formula is C12H14N4O2. The first kappa shape index (κ1) is 11.0. The van der Waals surface area contributed by atoms with E-state index in [-0.39, 0.29) is 11.4 Å². The Labute approximate surface area is 104 Å². The first-order valence-electron chi connectivity index (χ1n) is 5.93. The van der Waals surface area contributed by atoms with Gasteiger partial charge in [0.25, 0.3) is 0 Å². The van der Waals surface area contributed by atoms with Gasteiger partial charge < -0.3 is 10.5 Å². The molecule has 2 heterocycles. The van der Waals surface area contributed by atoms with Crippen molar-refractivity contribution in [3.63, 3.8) is 0 Å². The van der Waals surface area contributed by atoms with Crippen molar-refractivity contribution in [1.29, 1.82) is 0 Å². The number of aromatic nitrogens is 3. The Hall–Kier alpha value is -2.11. The first-order chi connectivity index (χ1) is 8.70. The molecule has 2 N–H and O–H groups in total. The molecule has 0 bridgehead atoms. The van der Waals surface area contributed by atoms with E-state index in [0.29, 0.717) is 11.6 Å². The van der Waals surface area contributed by atoms with Crippen LogP contribution in [-0.4, -0.2) is 27.7 Å². The lowest BCUT2D eigenvalue weighted by Gasteiger charge is -2.22. The van der Waals surface area contributed by atoms with Gasteiger partial charge in [-0.25, -0.2) is 9.78 Å². The number of methoxy groups -OCH3 is 1. The van der Waals surface area contributed by atoms with Crippen molar-refractivity contribution in [3.8, 4) is 0 Å². The van der Waals surface area contributed by atoms with E-state index in [1.54, 1.807) is 0 Å². The van der Waals surface area contributed by atoms with Gasteiger partial charge in [0.15, 0.2) is 5.65 Å². The fraction of sp³-hybridized carbons (Fsp3) is 0.417. The van der Waals surface area contributed by atoms with Crippen LogP contribution >= 0.6 is 0 Å². The number of hydrogen-bond donors (Lipinski definition) is 1. The Morgan fingerprint density at radius 1 is 1.56 bits per heavy atom. The number of carbonyl (C=O) groups is 1. The number of nitrogens with zero attached hydrogens (tertiary/aromatic N) is 3. The van der Waals surface area contributed by atoms with Crippen LogP contribution in [0.15, 0.2) is 12.3 Å². The van der Waals surface area contributed by atoms with Gasteiger partial charge in [-0.05, 0) is 12.8 Å². The summed E-state index contributed by atoms with van der Waals surface area (Å²) in [4.78, 5) is 15.7. The van der Waals surface area contributed by atoms with Crippen molar-refractivity contribution < 1.29 is 9.53 Å². The van der Waals surface area contributed by atoms with E-state index in [9.17, 15) is 4.79 Å². The number of carbonyl (C=O) groups excluding carboxylic acids is 1. The quantitative estimate of drug-likeness (QED) is 0.809. The van der Waals surface area contributed by atoms with Gasteiger partial charge in [0, 0.05) is 18.2 Å². The van der Waals surface area contributed by atoms with Crippen LogP contribution in [0, 0.1) is 0 Å². The Morgan fingerprint density at radius 2 is 2.33 bits per heavy atom. The van der Waals surface area contributed by atoms with E-state index in [1.807, 2.05) is 6.07 Å². The standard InChI is InChI=1S/C12H14N4O2/c1-18-12(17)8-6-14-10-5-9(7-3-2-4-7)15-16(10)11(8)13/h5-7H,2-4,13H2,1H3. The molecule has 1 aliphatic rings. The molecule has 0 spiro atoms. The molecule has 0 amide bonds. The second kappa shape index (κ2) is 3.97. The van der Waals surface area contributed by atoms with Crippen LogP contribution in [0.1, 0.15) is 41.2 Å². The lowest BCUT2D eigenvalue weighted by molar-refractivity contribution is 0.0601.